The Morgan fingerprint density at radius 2 is 2.22 bits per heavy atom. The summed E-state index contributed by atoms with van der Waals surface area (Å²) in [5, 5.41) is 17.4. The molecule has 0 saturated carbocycles. The summed E-state index contributed by atoms with van der Waals surface area (Å²) in [5.41, 5.74) is 1.68. The molecule has 0 unspecified atom stereocenters. The molecule has 1 saturated heterocycles. The molecule has 1 N–H and O–H groups in total. The molecule has 4 nitrogen and oxygen atoms in total. The number of rotatable bonds is 3. The van der Waals surface area contributed by atoms with Crippen LogP contribution < -0.4 is 0 Å². The highest BCUT2D eigenvalue weighted by Gasteiger charge is 2.18. The first kappa shape index (κ1) is 12.7. The zero-order valence-electron chi connectivity index (χ0n) is 9.67. The number of carboxylic acid groups (broad SMARTS) is 1. The summed E-state index contributed by atoms with van der Waals surface area (Å²) >= 11 is 1.66. The van der Waals surface area contributed by atoms with Gasteiger partial charge in [-0.3, -0.25) is 9.69 Å². The Bertz CT molecular complexity index is 517. The lowest BCUT2D eigenvalue weighted by atomic mass is 10.1. The van der Waals surface area contributed by atoms with E-state index >= 15 is 0 Å². The highest BCUT2D eigenvalue weighted by atomic mass is 32.2. The third-order valence-corrected chi connectivity index (χ3v) is 3.65. The van der Waals surface area contributed by atoms with E-state index in [9.17, 15) is 4.79 Å². The van der Waals surface area contributed by atoms with Crippen LogP contribution in [0.5, 0.6) is 0 Å². The molecule has 5 heteroatoms. The number of carboxylic acids is 1. The van der Waals surface area contributed by atoms with Crippen molar-refractivity contribution < 1.29 is 9.90 Å². The zero-order valence-corrected chi connectivity index (χ0v) is 10.5. The summed E-state index contributed by atoms with van der Waals surface area (Å²) in [6, 6.07) is 9.42. The van der Waals surface area contributed by atoms with E-state index in [1.54, 1.807) is 23.9 Å². The predicted molar refractivity (Wildman–Crippen MR) is 70.8 cm³/mol. The third-order valence-electron chi connectivity index (χ3n) is 2.54. The standard InChI is InChI=1S/C13H12N2O2S/c14-6-11-3-1-10(2-4-11)5-12-7-15(9-18-12)8-13(16)17/h1-5H,7-9H2,(H,16,17). The van der Waals surface area contributed by atoms with E-state index in [2.05, 4.69) is 6.07 Å². The van der Waals surface area contributed by atoms with Crippen molar-refractivity contribution in [1.29, 1.82) is 5.26 Å². The molecular weight excluding hydrogens is 248 g/mol. The first-order chi connectivity index (χ1) is 8.67. The van der Waals surface area contributed by atoms with E-state index in [1.165, 1.54) is 0 Å². The molecule has 1 heterocycles. The van der Waals surface area contributed by atoms with Crippen LogP contribution in [0.4, 0.5) is 0 Å². The summed E-state index contributed by atoms with van der Waals surface area (Å²) in [4.78, 5) is 13.6. The van der Waals surface area contributed by atoms with E-state index in [1.807, 2.05) is 23.1 Å². The quantitative estimate of drug-likeness (QED) is 0.900. The maximum Gasteiger partial charge on any atom is 0.317 e. The average Bonchev–Trinajstić information content (AvgIpc) is 2.76. The highest BCUT2D eigenvalue weighted by molar-refractivity contribution is 8.03. The van der Waals surface area contributed by atoms with Crippen molar-refractivity contribution in [2.75, 3.05) is 19.0 Å². The first-order valence-corrected chi connectivity index (χ1v) is 6.43. The maximum atomic E-state index is 10.6. The number of nitrogens with zero attached hydrogens (tertiary/aromatic N) is 2. The molecule has 1 aliphatic heterocycles. The van der Waals surface area contributed by atoms with Crippen molar-refractivity contribution in [3.63, 3.8) is 0 Å². The maximum absolute atomic E-state index is 10.6. The van der Waals surface area contributed by atoms with E-state index in [0.717, 1.165) is 10.5 Å². The Morgan fingerprint density at radius 3 is 2.83 bits per heavy atom. The summed E-state index contributed by atoms with van der Waals surface area (Å²) < 4.78 is 0. The summed E-state index contributed by atoms with van der Waals surface area (Å²) in [6.45, 7) is 0.759. The van der Waals surface area contributed by atoms with Crippen LogP contribution in [0.1, 0.15) is 11.1 Å². The second kappa shape index (κ2) is 5.71. The topological polar surface area (TPSA) is 64.3 Å². The van der Waals surface area contributed by atoms with Crippen molar-refractivity contribution in [3.05, 3.63) is 40.3 Å². The number of thioether (sulfide) groups is 1. The first-order valence-electron chi connectivity index (χ1n) is 5.45. The van der Waals surface area contributed by atoms with Gasteiger partial charge in [-0.1, -0.05) is 12.1 Å². The van der Waals surface area contributed by atoms with Crippen LogP contribution in [-0.2, 0) is 4.79 Å². The van der Waals surface area contributed by atoms with Crippen LogP contribution in [0.2, 0.25) is 0 Å². The minimum Gasteiger partial charge on any atom is -0.480 e. The number of aliphatic carboxylic acids is 1. The molecule has 0 aliphatic carbocycles. The Labute approximate surface area is 110 Å². The molecule has 1 aliphatic rings. The molecule has 0 bridgehead atoms. The second-order valence-electron chi connectivity index (χ2n) is 4.00. The monoisotopic (exact) mass is 260 g/mol. The fraction of sp³-hybridized carbons (Fsp3) is 0.231. The van der Waals surface area contributed by atoms with Crippen LogP contribution in [0.25, 0.3) is 6.08 Å². The lowest BCUT2D eigenvalue weighted by molar-refractivity contribution is -0.137. The Morgan fingerprint density at radius 1 is 1.50 bits per heavy atom. The van der Waals surface area contributed by atoms with Crippen molar-refractivity contribution in [3.8, 4) is 6.07 Å². The van der Waals surface area contributed by atoms with Crippen molar-refractivity contribution in [2.45, 2.75) is 0 Å². The Balaban J connectivity index is 2.02. The lowest BCUT2D eigenvalue weighted by Gasteiger charge is -2.08. The minimum atomic E-state index is -0.796. The molecule has 0 aromatic heterocycles. The van der Waals surface area contributed by atoms with Gasteiger partial charge in [0.25, 0.3) is 0 Å². The minimum absolute atomic E-state index is 0.0811. The normalized spacial score (nSPS) is 17.8. The summed E-state index contributed by atoms with van der Waals surface area (Å²) in [7, 11) is 0. The van der Waals surface area contributed by atoms with Gasteiger partial charge in [0.15, 0.2) is 0 Å². The van der Waals surface area contributed by atoms with Crippen molar-refractivity contribution in [2.24, 2.45) is 0 Å². The van der Waals surface area contributed by atoms with Gasteiger partial charge in [-0.2, -0.15) is 5.26 Å². The molecule has 1 fully saturated rings. The molecule has 18 heavy (non-hydrogen) atoms. The van der Waals surface area contributed by atoms with Gasteiger partial charge in [0, 0.05) is 17.3 Å². The van der Waals surface area contributed by atoms with Gasteiger partial charge in [0.1, 0.15) is 0 Å². The SMILES string of the molecule is N#Cc1ccc(C=C2CN(CC(=O)O)CS2)cc1. The van der Waals surface area contributed by atoms with Crippen LogP contribution in [0.3, 0.4) is 0 Å². The number of hydrogen-bond donors (Lipinski definition) is 1. The molecule has 0 spiro atoms. The van der Waals surface area contributed by atoms with Crippen LogP contribution in [-0.4, -0.2) is 34.9 Å². The summed E-state index contributed by atoms with van der Waals surface area (Å²) in [6.07, 6.45) is 2.04. The fourth-order valence-corrected chi connectivity index (χ4v) is 2.73. The van der Waals surface area contributed by atoms with E-state index in [4.69, 9.17) is 10.4 Å². The Hall–Kier alpha value is -1.77. The van der Waals surface area contributed by atoms with Crippen LogP contribution in [0.15, 0.2) is 29.2 Å². The number of carbonyl (C=O) groups is 1. The predicted octanol–water partition coefficient (Wildman–Crippen LogP) is 1.99. The molecule has 92 valence electrons. The number of hydrogen-bond acceptors (Lipinski definition) is 4. The van der Waals surface area contributed by atoms with Gasteiger partial charge in [0.2, 0.25) is 0 Å². The van der Waals surface area contributed by atoms with Gasteiger partial charge in [-0.05, 0) is 23.8 Å². The van der Waals surface area contributed by atoms with Crippen molar-refractivity contribution >= 4 is 23.8 Å². The average molecular weight is 260 g/mol. The van der Waals surface area contributed by atoms with Gasteiger partial charge in [-0.15, -0.1) is 11.8 Å². The number of nitriles is 1. The molecule has 0 atom stereocenters. The van der Waals surface area contributed by atoms with E-state index in [-0.39, 0.29) is 6.54 Å². The third kappa shape index (κ3) is 3.36. The molecule has 0 amide bonds. The van der Waals surface area contributed by atoms with Gasteiger partial charge in [0.05, 0.1) is 18.2 Å². The molecule has 0 radical (unpaired) electrons. The Kier molecular flexibility index (Phi) is 4.03. The molecular formula is C13H12N2O2S. The van der Waals surface area contributed by atoms with Gasteiger partial charge in [-0.25, -0.2) is 0 Å². The van der Waals surface area contributed by atoms with E-state index in [0.29, 0.717) is 18.0 Å². The summed E-state index contributed by atoms with van der Waals surface area (Å²) in [5.74, 6) is -0.0794. The van der Waals surface area contributed by atoms with Crippen LogP contribution >= 0.6 is 11.8 Å². The van der Waals surface area contributed by atoms with Gasteiger partial charge < -0.3 is 5.11 Å². The molecule has 1 aromatic carbocycles. The smallest absolute Gasteiger partial charge is 0.317 e. The highest BCUT2D eigenvalue weighted by Crippen LogP contribution is 2.28. The zero-order chi connectivity index (χ0) is 13.0. The van der Waals surface area contributed by atoms with Gasteiger partial charge >= 0.3 is 5.97 Å². The lowest BCUT2D eigenvalue weighted by Crippen LogP contribution is -2.26. The van der Waals surface area contributed by atoms with Crippen molar-refractivity contribution in [1.82, 2.24) is 4.90 Å². The van der Waals surface area contributed by atoms with Crippen LogP contribution in [0, 0.1) is 11.3 Å². The van der Waals surface area contributed by atoms with E-state index < -0.39 is 5.97 Å². The second-order valence-corrected chi connectivity index (χ2v) is 5.07. The number of benzene rings is 1. The molecule has 1 aromatic rings. The largest absolute Gasteiger partial charge is 0.480 e. The molecule has 2 rings (SSSR count). The fourth-order valence-electron chi connectivity index (χ4n) is 1.71.